The van der Waals surface area contributed by atoms with Gasteiger partial charge >= 0.3 is 11.9 Å². The second kappa shape index (κ2) is 25.6. The molecule has 8 N–H and O–H groups in total. The molecule has 12 nitrogen and oxygen atoms in total. The molecule has 14 bridgehead atoms. The second-order valence-electron chi connectivity index (χ2n) is 29.7. The van der Waals surface area contributed by atoms with Crippen molar-refractivity contribution in [1.29, 1.82) is 0 Å². The van der Waals surface area contributed by atoms with E-state index in [2.05, 4.69) is 138 Å². The molecule has 1 spiro atoms. The number of benzene rings is 4. The fourth-order valence-corrected chi connectivity index (χ4v) is 19.6. The standard InChI is InChI=1S/C79H97N5O7/c1-5-32-81-47-53-36-51-25-33-82-46-52-16-12-17-54(38-52)60-20-19-59(85)43-64(60)69-61-23-31-79(67(91-75(87)72(69)79)40-49(6-2)35-50-14-8-7-9-15-50)71-62(61)21-22-63-66(90-74(86)70(63)71)24-30-77(57-26-34-83-68(42-57)80-4)44-56-41-58(78(89)28-10-11-29-78)18-13-27-76(3,88)48-84-73(65(56)45-77)55(37-51)39-53/h7-9,12,14-17,19-20,24,36-40,43,49,56-58,61-62,65,68,71,73,80-85,88-89H,5-6,10-11,21-23,25-35,41-42,44-48H2,1-4H3/b66-24-,67-40-/t49-,56-,57-,58+,61-,62+,65-,68+,71-,73+,76+,77+,79-/m1/s1. The zero-order valence-electron chi connectivity index (χ0n) is 54.2. The van der Waals surface area contributed by atoms with Crippen molar-refractivity contribution in [2.45, 2.75) is 179 Å². The smallest absolute Gasteiger partial charge is 0.340 e. The summed E-state index contributed by atoms with van der Waals surface area (Å²) in [7, 11) is 2.06. The number of ether oxygens (including phenoxy) is 2. The monoisotopic (exact) mass is 1230 g/mol. The van der Waals surface area contributed by atoms with Gasteiger partial charge in [0, 0.05) is 55.1 Å². The molecule has 0 aromatic heterocycles. The van der Waals surface area contributed by atoms with E-state index in [9.17, 15) is 15.3 Å². The highest BCUT2D eigenvalue weighted by Gasteiger charge is 2.69. The van der Waals surface area contributed by atoms with Crippen molar-refractivity contribution in [2.75, 3.05) is 33.2 Å². The lowest BCUT2D eigenvalue weighted by molar-refractivity contribution is -0.135. The number of phenols is 1. The quantitative estimate of drug-likeness (QED) is 0.0406. The van der Waals surface area contributed by atoms with Crippen molar-refractivity contribution >= 4 is 17.5 Å². The summed E-state index contributed by atoms with van der Waals surface area (Å²) in [6, 6.07) is 32.1. The number of carbonyl (C=O) groups is 2. The van der Waals surface area contributed by atoms with Crippen molar-refractivity contribution in [3.63, 3.8) is 0 Å². The molecule has 4 aromatic rings. The van der Waals surface area contributed by atoms with Gasteiger partial charge in [-0.15, -0.1) is 0 Å². The zero-order valence-corrected chi connectivity index (χ0v) is 54.2. The molecule has 0 unspecified atom stereocenters. The first-order valence-corrected chi connectivity index (χ1v) is 35.1. The topological polar surface area (TPSA) is 173 Å². The van der Waals surface area contributed by atoms with Gasteiger partial charge in [0.25, 0.3) is 0 Å². The maximum absolute atomic E-state index is 15.6. The van der Waals surface area contributed by atoms with Crippen LogP contribution in [0.25, 0.3) is 16.7 Å². The van der Waals surface area contributed by atoms with E-state index in [0.29, 0.717) is 61.8 Å². The van der Waals surface area contributed by atoms with Crippen LogP contribution < -0.4 is 26.6 Å². The lowest BCUT2D eigenvalue weighted by atomic mass is 9.44. The fraction of sp³-hybridized carbons (Fsp3) is 0.544. The van der Waals surface area contributed by atoms with E-state index in [-0.39, 0.29) is 76.7 Å². The Labute approximate surface area is 540 Å². The SMILES string of the molecule is CCCNCc1cc2cc(c1)[C@@H]1NC[C@@](C)(O)CC#C[C@H](C3(O)CCCC3)C[C@@H]3C[C@@]([C@@H]4CCN[C@H](NC)C4)(C/C=C4\OC(=O)C5=C4CC[C@H]4[C@H]6CC[C@]7(C(=C6c6cc(O)ccc6-c6cccc(c6)CNCC2)C(=O)O/C7=C\[C@H](CC)Cc2ccccc2)[C@@H]54)C[C@H]31. The van der Waals surface area contributed by atoms with Crippen molar-refractivity contribution in [2.24, 2.45) is 58.2 Å². The molecule has 5 fully saturated rings. The third-order valence-corrected chi connectivity index (χ3v) is 24.0. The Morgan fingerprint density at radius 3 is 2.49 bits per heavy atom. The van der Waals surface area contributed by atoms with E-state index in [1.807, 2.05) is 25.1 Å². The van der Waals surface area contributed by atoms with E-state index >= 15 is 9.59 Å². The number of cyclic esters (lactones) is 1. The predicted octanol–water partition coefficient (Wildman–Crippen LogP) is 12.6. The van der Waals surface area contributed by atoms with Crippen LogP contribution in [0.5, 0.6) is 5.75 Å². The molecular weight excluding hydrogens is 1130 g/mol. The van der Waals surface area contributed by atoms with Crippen LogP contribution in [0.15, 0.2) is 131 Å². The summed E-state index contributed by atoms with van der Waals surface area (Å²) in [5.74, 6) is 8.04. The highest BCUT2D eigenvalue weighted by Crippen LogP contribution is 2.72. The molecule has 0 radical (unpaired) electrons. The predicted molar refractivity (Wildman–Crippen MR) is 357 cm³/mol. The molecule has 6 aliphatic carbocycles. The van der Waals surface area contributed by atoms with Crippen LogP contribution in [-0.2, 0) is 45.0 Å². The zero-order chi connectivity index (χ0) is 62.7. The van der Waals surface area contributed by atoms with Gasteiger partial charge in [-0.3, -0.25) is 0 Å². The van der Waals surface area contributed by atoms with Gasteiger partial charge in [0.05, 0.1) is 28.4 Å². The van der Waals surface area contributed by atoms with Crippen LogP contribution in [-0.4, -0.2) is 77.9 Å². The van der Waals surface area contributed by atoms with E-state index in [1.165, 1.54) is 22.3 Å². The van der Waals surface area contributed by atoms with Gasteiger partial charge < -0.3 is 51.4 Å². The fourth-order valence-electron chi connectivity index (χ4n) is 19.6. The highest BCUT2D eigenvalue weighted by atomic mass is 16.6. The van der Waals surface area contributed by atoms with E-state index < -0.39 is 16.6 Å². The summed E-state index contributed by atoms with van der Waals surface area (Å²) in [6.07, 6.45) is 20.2. The highest BCUT2D eigenvalue weighted by molar-refractivity contribution is 6.07. The van der Waals surface area contributed by atoms with Crippen LogP contribution in [0.1, 0.15) is 169 Å². The number of aromatic hydroxyl groups is 1. The normalized spacial score (nSPS) is 34.0. The summed E-state index contributed by atoms with van der Waals surface area (Å²) >= 11 is 0. The van der Waals surface area contributed by atoms with Gasteiger partial charge in [0.2, 0.25) is 0 Å². The van der Waals surface area contributed by atoms with E-state index in [4.69, 9.17) is 9.47 Å². The number of phenolic OH excluding ortho intramolecular Hbond substituents is 1. The Hall–Kier alpha value is -6.14. The summed E-state index contributed by atoms with van der Waals surface area (Å²) in [5, 5.41) is 55.8. The number of carbonyl (C=O) groups excluding carboxylic acids is 2. The number of esters is 2. The molecule has 4 aromatic carbocycles. The minimum Gasteiger partial charge on any atom is -0.508 e. The molecule has 2 saturated heterocycles. The van der Waals surface area contributed by atoms with Gasteiger partial charge in [-0.2, -0.15) is 0 Å². The number of fused-ring (bicyclic) bond motifs is 5. The Morgan fingerprint density at radius 2 is 1.67 bits per heavy atom. The number of hydrogen-bond acceptors (Lipinski definition) is 12. The van der Waals surface area contributed by atoms with E-state index in [0.717, 1.165) is 161 Å². The Kier molecular flexibility index (Phi) is 17.6. The molecule has 0 amide bonds. The van der Waals surface area contributed by atoms with Gasteiger partial charge in [-0.25, -0.2) is 9.59 Å². The average molecular weight is 1230 g/mol. The lowest BCUT2D eigenvalue weighted by Gasteiger charge is -2.56. The third-order valence-electron chi connectivity index (χ3n) is 24.0. The molecule has 3 saturated carbocycles. The number of hydrogen-bond donors (Lipinski definition) is 8. The Bertz CT molecular complexity index is 3620. The third kappa shape index (κ3) is 11.8. The Morgan fingerprint density at radius 1 is 0.813 bits per heavy atom. The summed E-state index contributed by atoms with van der Waals surface area (Å²) in [4.78, 5) is 31.1. The van der Waals surface area contributed by atoms with Gasteiger partial charge in [-0.05, 0) is 258 Å². The van der Waals surface area contributed by atoms with Gasteiger partial charge in [0.1, 0.15) is 17.3 Å². The van der Waals surface area contributed by atoms with Crippen LogP contribution in [0.4, 0.5) is 0 Å². The van der Waals surface area contributed by atoms with Crippen LogP contribution in [0.3, 0.4) is 0 Å². The first-order chi connectivity index (χ1) is 44.2. The summed E-state index contributed by atoms with van der Waals surface area (Å²) in [6.45, 7) is 10.7. The maximum Gasteiger partial charge on any atom is 0.340 e. The number of allylic oxidation sites excluding steroid dienone is 5. The first kappa shape index (κ1) is 62.3. The first-order valence-electron chi connectivity index (χ1n) is 35.1. The summed E-state index contributed by atoms with van der Waals surface area (Å²) < 4.78 is 13.7. The molecule has 6 aliphatic heterocycles. The second-order valence-corrected chi connectivity index (χ2v) is 29.7. The number of piperidine rings is 1. The molecule has 16 rings (SSSR count). The molecule has 12 heteroatoms. The molecule has 12 aliphatic rings. The van der Waals surface area contributed by atoms with Crippen LogP contribution in [0, 0.1) is 70.0 Å². The van der Waals surface area contributed by atoms with Crippen molar-refractivity contribution < 1.29 is 34.4 Å². The van der Waals surface area contributed by atoms with Gasteiger partial charge in [0.15, 0.2) is 0 Å². The van der Waals surface area contributed by atoms with Crippen LogP contribution >= 0.6 is 0 Å². The maximum atomic E-state index is 15.6. The van der Waals surface area contributed by atoms with Gasteiger partial charge in [-0.1, -0.05) is 111 Å². The molecular formula is C79H97N5O7. The molecule has 6 heterocycles. The van der Waals surface area contributed by atoms with Crippen LogP contribution in [0.2, 0.25) is 0 Å². The number of β-amino-alcohol motifs (C(OH)–C–C–N with tert-alkyl or cyclic N) is 1. The molecule has 13 atom stereocenters. The minimum absolute atomic E-state index is 0.00461. The van der Waals surface area contributed by atoms with Crippen molar-refractivity contribution in [3.05, 3.63) is 165 Å². The van der Waals surface area contributed by atoms with Crippen molar-refractivity contribution in [3.8, 4) is 28.7 Å². The molecule has 480 valence electrons. The van der Waals surface area contributed by atoms with E-state index in [1.54, 1.807) is 6.07 Å². The number of nitrogens with one attached hydrogen (secondary N) is 5. The minimum atomic E-state index is -1.11. The molecule has 91 heavy (non-hydrogen) atoms. The van der Waals surface area contributed by atoms with Crippen molar-refractivity contribution in [1.82, 2.24) is 26.6 Å². The summed E-state index contributed by atoms with van der Waals surface area (Å²) in [5.41, 5.74) is 9.07. The number of rotatable bonds is 11. The number of aliphatic hydroxyl groups is 2. The Balaban J connectivity index is 0.958. The largest absolute Gasteiger partial charge is 0.508 e. The lowest BCUT2D eigenvalue weighted by Crippen LogP contribution is -2.52. The average Bonchev–Trinajstić information content (AvgIpc) is 1.61.